The fourth-order valence-corrected chi connectivity index (χ4v) is 4.11. The zero-order valence-corrected chi connectivity index (χ0v) is 17.6. The third-order valence-electron chi connectivity index (χ3n) is 5.66. The van der Waals surface area contributed by atoms with Gasteiger partial charge in [-0.1, -0.05) is 67.8 Å². The summed E-state index contributed by atoms with van der Waals surface area (Å²) in [4.78, 5) is 0. The molecule has 4 rings (SSSR count). The summed E-state index contributed by atoms with van der Waals surface area (Å²) in [6, 6.07) is 23.8. The molecule has 0 N–H and O–H groups in total. The lowest BCUT2D eigenvalue weighted by Crippen LogP contribution is -2.40. The van der Waals surface area contributed by atoms with Gasteiger partial charge in [-0.3, -0.25) is 0 Å². The predicted molar refractivity (Wildman–Crippen MR) is 125 cm³/mol. The van der Waals surface area contributed by atoms with Crippen molar-refractivity contribution in [2.45, 2.75) is 38.6 Å². The topological polar surface area (TPSA) is 9.23 Å². The van der Waals surface area contributed by atoms with Crippen LogP contribution in [0.4, 0.5) is 0 Å². The molecule has 3 radical (unpaired) electrons. The second-order valence-corrected chi connectivity index (χ2v) is 9.48. The fraction of sp³-hybridized carbons (Fsp3) is 0.250. The Hall–Kier alpha value is -2.03. The molecular formula is C24H23B2OS. The predicted octanol–water partition coefficient (Wildman–Crippen LogP) is 6.13. The van der Waals surface area contributed by atoms with Crippen molar-refractivity contribution in [2.75, 3.05) is 0 Å². The Balaban J connectivity index is 1.58. The smallest absolute Gasteiger partial charge is 0.330 e. The van der Waals surface area contributed by atoms with Crippen LogP contribution in [-0.4, -0.2) is 20.9 Å². The Labute approximate surface area is 173 Å². The molecule has 1 nitrogen and oxygen atoms in total. The monoisotopic (exact) mass is 381 g/mol. The summed E-state index contributed by atoms with van der Waals surface area (Å²) in [5.41, 5.74) is 3.01. The van der Waals surface area contributed by atoms with E-state index in [4.69, 9.17) is 12.5 Å². The van der Waals surface area contributed by atoms with Crippen LogP contribution in [-0.2, 0) is 4.65 Å². The molecule has 0 unspecified atom stereocenters. The SMILES string of the molecule is [B]C(C)(C)C(C)(C)O[B]c1ccc(-c2ccc3sc4ccccc4c3c2)cc1. The van der Waals surface area contributed by atoms with Crippen molar-refractivity contribution in [2.24, 2.45) is 0 Å². The van der Waals surface area contributed by atoms with Gasteiger partial charge in [0.15, 0.2) is 0 Å². The van der Waals surface area contributed by atoms with Gasteiger partial charge in [-0.15, -0.1) is 11.3 Å². The van der Waals surface area contributed by atoms with Crippen LogP contribution in [0, 0.1) is 0 Å². The highest BCUT2D eigenvalue weighted by atomic mass is 32.1. The number of thiophene rings is 1. The lowest BCUT2D eigenvalue weighted by molar-refractivity contribution is 0.0767. The molecule has 28 heavy (non-hydrogen) atoms. The van der Waals surface area contributed by atoms with Crippen LogP contribution in [0.25, 0.3) is 31.3 Å². The summed E-state index contributed by atoms with van der Waals surface area (Å²) >= 11 is 1.85. The summed E-state index contributed by atoms with van der Waals surface area (Å²) in [5, 5.41) is 2.22. The molecule has 4 heteroatoms. The van der Waals surface area contributed by atoms with Gasteiger partial charge in [0.1, 0.15) is 0 Å². The van der Waals surface area contributed by atoms with E-state index in [1.54, 1.807) is 7.48 Å². The van der Waals surface area contributed by atoms with E-state index in [0.717, 1.165) is 5.46 Å². The molecule has 3 aromatic carbocycles. The molecule has 0 bridgehead atoms. The van der Waals surface area contributed by atoms with Gasteiger partial charge in [-0.05, 0) is 48.5 Å². The van der Waals surface area contributed by atoms with Crippen LogP contribution in [0.5, 0.6) is 0 Å². The van der Waals surface area contributed by atoms with Crippen LogP contribution in [0.2, 0.25) is 5.31 Å². The summed E-state index contributed by atoms with van der Waals surface area (Å²) in [7, 11) is 8.01. The van der Waals surface area contributed by atoms with E-state index >= 15 is 0 Å². The maximum absolute atomic E-state index is 6.21. The van der Waals surface area contributed by atoms with Gasteiger partial charge in [-0.2, -0.15) is 0 Å². The Morgan fingerprint density at radius 3 is 2.14 bits per heavy atom. The van der Waals surface area contributed by atoms with E-state index in [-0.39, 0.29) is 0 Å². The molecule has 0 aliphatic carbocycles. The molecule has 0 spiro atoms. The maximum Gasteiger partial charge on any atom is 0.330 e. The molecule has 1 aromatic heterocycles. The van der Waals surface area contributed by atoms with Crippen molar-refractivity contribution in [1.82, 2.24) is 0 Å². The Bertz CT molecular complexity index is 1120. The minimum atomic E-state index is -0.448. The zero-order chi connectivity index (χ0) is 19.9. The van der Waals surface area contributed by atoms with Crippen molar-refractivity contribution in [3.63, 3.8) is 0 Å². The van der Waals surface area contributed by atoms with Crippen molar-refractivity contribution in [3.05, 3.63) is 66.7 Å². The summed E-state index contributed by atoms with van der Waals surface area (Å²) < 4.78 is 8.64. The molecule has 0 saturated carbocycles. The van der Waals surface area contributed by atoms with E-state index in [2.05, 4.69) is 66.7 Å². The van der Waals surface area contributed by atoms with E-state index in [1.165, 1.54) is 31.3 Å². The van der Waals surface area contributed by atoms with Crippen molar-refractivity contribution >= 4 is 52.3 Å². The number of benzene rings is 3. The van der Waals surface area contributed by atoms with E-state index in [9.17, 15) is 0 Å². The van der Waals surface area contributed by atoms with Gasteiger partial charge in [0.05, 0.1) is 7.85 Å². The van der Waals surface area contributed by atoms with Crippen LogP contribution < -0.4 is 5.46 Å². The van der Waals surface area contributed by atoms with Crippen molar-refractivity contribution < 1.29 is 4.65 Å². The maximum atomic E-state index is 6.21. The van der Waals surface area contributed by atoms with Gasteiger partial charge >= 0.3 is 7.48 Å². The molecule has 4 aromatic rings. The molecule has 0 aliphatic rings. The minimum Gasteiger partial charge on any atom is -0.430 e. The second kappa shape index (κ2) is 7.09. The average Bonchev–Trinajstić information content (AvgIpc) is 3.04. The summed E-state index contributed by atoms with van der Waals surface area (Å²) in [5.74, 6) is 0. The Kier molecular flexibility index (Phi) is 4.89. The first-order valence-corrected chi connectivity index (χ1v) is 10.4. The third-order valence-corrected chi connectivity index (χ3v) is 6.81. The summed E-state index contributed by atoms with van der Waals surface area (Å²) in [6.07, 6.45) is 0. The van der Waals surface area contributed by atoms with Gasteiger partial charge < -0.3 is 4.65 Å². The Morgan fingerprint density at radius 2 is 1.43 bits per heavy atom. The number of hydrogen-bond acceptors (Lipinski definition) is 2. The highest BCUT2D eigenvalue weighted by Crippen LogP contribution is 2.37. The van der Waals surface area contributed by atoms with Crippen LogP contribution >= 0.6 is 11.3 Å². The Morgan fingerprint density at radius 1 is 0.786 bits per heavy atom. The van der Waals surface area contributed by atoms with Crippen molar-refractivity contribution in [1.29, 1.82) is 0 Å². The first-order chi connectivity index (χ1) is 13.2. The van der Waals surface area contributed by atoms with Crippen molar-refractivity contribution in [3.8, 4) is 11.1 Å². The highest BCUT2D eigenvalue weighted by molar-refractivity contribution is 7.25. The van der Waals surface area contributed by atoms with Crippen LogP contribution in [0.15, 0.2) is 66.7 Å². The number of hydrogen-bond donors (Lipinski definition) is 0. The lowest BCUT2D eigenvalue weighted by Gasteiger charge is -2.39. The largest absolute Gasteiger partial charge is 0.430 e. The van der Waals surface area contributed by atoms with Gasteiger partial charge in [-0.25, -0.2) is 0 Å². The van der Waals surface area contributed by atoms with Gasteiger partial charge in [0.25, 0.3) is 0 Å². The van der Waals surface area contributed by atoms with E-state index < -0.39 is 10.9 Å². The van der Waals surface area contributed by atoms with Crippen LogP contribution in [0.3, 0.4) is 0 Å². The molecule has 0 saturated heterocycles. The normalized spacial score (nSPS) is 12.6. The third kappa shape index (κ3) is 3.64. The lowest BCUT2D eigenvalue weighted by atomic mass is 9.61. The quantitative estimate of drug-likeness (QED) is 0.378. The zero-order valence-electron chi connectivity index (χ0n) is 16.8. The number of rotatable bonds is 5. The van der Waals surface area contributed by atoms with E-state index in [1.807, 2.05) is 39.0 Å². The standard InChI is InChI=1S/C24H23B2OS/c1-23(2,25)24(3,4)27-26-18-12-9-16(10-13-18)17-11-14-22-20(15-17)19-7-5-6-8-21(19)28-22/h5-15H,1-4H3. The highest BCUT2D eigenvalue weighted by Gasteiger charge is 2.32. The minimum absolute atomic E-state index is 0.428. The van der Waals surface area contributed by atoms with Gasteiger partial charge in [0, 0.05) is 25.8 Å². The van der Waals surface area contributed by atoms with E-state index in [0.29, 0.717) is 0 Å². The van der Waals surface area contributed by atoms with Crippen LogP contribution in [0.1, 0.15) is 27.7 Å². The summed E-state index contributed by atoms with van der Waals surface area (Å²) in [6.45, 7) is 7.99. The molecule has 0 atom stereocenters. The average molecular weight is 381 g/mol. The fourth-order valence-electron chi connectivity index (χ4n) is 3.03. The molecule has 1 heterocycles. The molecule has 0 amide bonds. The number of fused-ring (bicyclic) bond motifs is 3. The first kappa shape index (κ1) is 19.3. The molecule has 0 aliphatic heterocycles. The second-order valence-electron chi connectivity index (χ2n) is 8.40. The molecular weight excluding hydrogens is 358 g/mol. The van der Waals surface area contributed by atoms with Gasteiger partial charge in [0.2, 0.25) is 0 Å². The molecule has 0 fully saturated rings. The molecule has 137 valence electrons. The first-order valence-electron chi connectivity index (χ1n) is 9.56.